The van der Waals surface area contributed by atoms with Crippen LogP contribution in [0, 0.1) is 0 Å². The van der Waals surface area contributed by atoms with Crippen LogP contribution in [0.2, 0.25) is 0 Å². The van der Waals surface area contributed by atoms with E-state index in [0.717, 1.165) is 17.7 Å². The van der Waals surface area contributed by atoms with Crippen LogP contribution in [-0.2, 0) is 13.5 Å². The Labute approximate surface area is 92.1 Å². The van der Waals surface area contributed by atoms with Crippen LogP contribution in [0.5, 0.6) is 0 Å². The van der Waals surface area contributed by atoms with Crippen molar-refractivity contribution < 1.29 is 0 Å². The summed E-state index contributed by atoms with van der Waals surface area (Å²) in [4.78, 5) is 10.9. The second-order valence-electron chi connectivity index (χ2n) is 3.50. The van der Waals surface area contributed by atoms with Gasteiger partial charge in [-0.15, -0.1) is 0 Å². The minimum Gasteiger partial charge on any atom is -0.384 e. The minimum atomic E-state index is -0.231. The van der Waals surface area contributed by atoms with Gasteiger partial charge in [0.15, 0.2) is 0 Å². The number of nitrogens with zero attached hydrogens (tertiary/aromatic N) is 3. The van der Waals surface area contributed by atoms with Crippen molar-refractivity contribution in [1.29, 1.82) is 0 Å². The van der Waals surface area contributed by atoms with E-state index >= 15 is 0 Å². The van der Waals surface area contributed by atoms with Gasteiger partial charge in [0.2, 0.25) is 0 Å². The SMILES string of the molecule is CCc1c(-c2ccc(=O)[nH]n2)nn(C)c1N. The summed E-state index contributed by atoms with van der Waals surface area (Å²) in [6.45, 7) is 2.00. The first-order valence-corrected chi connectivity index (χ1v) is 5.01. The van der Waals surface area contributed by atoms with E-state index in [4.69, 9.17) is 5.73 Å². The molecule has 0 saturated heterocycles. The van der Waals surface area contributed by atoms with Gasteiger partial charge in [0.25, 0.3) is 5.56 Å². The molecule has 16 heavy (non-hydrogen) atoms. The number of hydrogen-bond acceptors (Lipinski definition) is 4. The molecule has 0 saturated carbocycles. The van der Waals surface area contributed by atoms with Crippen molar-refractivity contribution in [2.24, 2.45) is 7.05 Å². The summed E-state index contributed by atoms with van der Waals surface area (Å²) in [6.07, 6.45) is 0.774. The second-order valence-corrected chi connectivity index (χ2v) is 3.50. The highest BCUT2D eigenvalue weighted by Gasteiger charge is 2.14. The normalized spacial score (nSPS) is 10.6. The predicted octanol–water partition coefficient (Wildman–Crippen LogP) is 0.315. The van der Waals surface area contributed by atoms with E-state index in [-0.39, 0.29) is 5.56 Å². The van der Waals surface area contributed by atoms with Gasteiger partial charge in [-0.3, -0.25) is 9.48 Å². The molecule has 0 spiro atoms. The maximum atomic E-state index is 10.9. The molecule has 2 rings (SSSR count). The van der Waals surface area contributed by atoms with Crippen molar-refractivity contribution in [2.45, 2.75) is 13.3 Å². The summed E-state index contributed by atoms with van der Waals surface area (Å²) in [5.41, 5.74) is 7.95. The van der Waals surface area contributed by atoms with Crippen molar-refractivity contribution in [2.75, 3.05) is 5.73 Å². The molecule has 0 amide bonds. The Kier molecular flexibility index (Phi) is 2.47. The van der Waals surface area contributed by atoms with Crippen LogP contribution in [0.15, 0.2) is 16.9 Å². The van der Waals surface area contributed by atoms with Gasteiger partial charge in [-0.25, -0.2) is 5.10 Å². The molecule has 0 aliphatic heterocycles. The van der Waals surface area contributed by atoms with Crippen molar-refractivity contribution in [3.63, 3.8) is 0 Å². The number of aryl methyl sites for hydroxylation is 1. The zero-order valence-corrected chi connectivity index (χ0v) is 9.19. The Balaban J connectivity index is 2.59. The van der Waals surface area contributed by atoms with Gasteiger partial charge in [-0.05, 0) is 12.5 Å². The fraction of sp³-hybridized carbons (Fsp3) is 0.300. The largest absolute Gasteiger partial charge is 0.384 e. The molecule has 6 nitrogen and oxygen atoms in total. The molecule has 0 fully saturated rings. The number of aromatic amines is 1. The molecule has 0 aliphatic carbocycles. The van der Waals surface area contributed by atoms with Crippen LogP contribution in [0.25, 0.3) is 11.4 Å². The van der Waals surface area contributed by atoms with Crippen molar-refractivity contribution >= 4 is 5.82 Å². The number of nitrogens with one attached hydrogen (secondary N) is 1. The lowest BCUT2D eigenvalue weighted by Gasteiger charge is -1.98. The van der Waals surface area contributed by atoms with Crippen LogP contribution >= 0.6 is 0 Å². The van der Waals surface area contributed by atoms with Crippen molar-refractivity contribution in [3.8, 4) is 11.4 Å². The van der Waals surface area contributed by atoms with Crippen molar-refractivity contribution in [3.05, 3.63) is 28.0 Å². The third-order valence-corrected chi connectivity index (χ3v) is 2.47. The second kappa shape index (κ2) is 3.80. The van der Waals surface area contributed by atoms with E-state index in [1.54, 1.807) is 17.8 Å². The van der Waals surface area contributed by atoms with E-state index < -0.39 is 0 Å². The van der Waals surface area contributed by atoms with Gasteiger partial charge in [-0.1, -0.05) is 6.92 Å². The molecule has 0 radical (unpaired) electrons. The summed E-state index contributed by atoms with van der Waals surface area (Å²) in [5, 5.41) is 10.6. The molecule has 2 heterocycles. The van der Waals surface area contributed by atoms with Gasteiger partial charge in [0.1, 0.15) is 17.2 Å². The van der Waals surface area contributed by atoms with Gasteiger partial charge in [0, 0.05) is 18.7 Å². The van der Waals surface area contributed by atoms with Gasteiger partial charge in [0.05, 0.1) is 0 Å². The minimum absolute atomic E-state index is 0.231. The number of rotatable bonds is 2. The molecule has 6 heteroatoms. The molecule has 84 valence electrons. The number of aromatic nitrogens is 4. The van der Waals surface area contributed by atoms with Crippen molar-refractivity contribution in [1.82, 2.24) is 20.0 Å². The lowest BCUT2D eigenvalue weighted by Crippen LogP contribution is -2.06. The smallest absolute Gasteiger partial charge is 0.264 e. The summed E-state index contributed by atoms with van der Waals surface area (Å²) in [5.74, 6) is 0.630. The quantitative estimate of drug-likeness (QED) is 0.760. The van der Waals surface area contributed by atoms with Gasteiger partial charge < -0.3 is 5.73 Å². The predicted molar refractivity (Wildman–Crippen MR) is 60.9 cm³/mol. The number of nitrogen functional groups attached to an aromatic ring is 1. The molecule has 0 unspecified atom stereocenters. The summed E-state index contributed by atoms with van der Waals surface area (Å²) in [7, 11) is 1.78. The number of H-pyrrole nitrogens is 1. The maximum absolute atomic E-state index is 10.9. The third-order valence-electron chi connectivity index (χ3n) is 2.47. The average Bonchev–Trinajstić information content (AvgIpc) is 2.56. The average molecular weight is 219 g/mol. The highest BCUT2D eigenvalue weighted by molar-refractivity contribution is 5.64. The van der Waals surface area contributed by atoms with Crippen LogP contribution in [0.3, 0.4) is 0 Å². The lowest BCUT2D eigenvalue weighted by molar-refractivity contribution is 0.779. The molecule has 2 aromatic rings. The molecular weight excluding hydrogens is 206 g/mol. The fourth-order valence-electron chi connectivity index (χ4n) is 1.61. The first kappa shape index (κ1) is 10.4. The Bertz CT molecular complexity index is 549. The zero-order valence-electron chi connectivity index (χ0n) is 9.19. The van der Waals surface area contributed by atoms with E-state index in [1.807, 2.05) is 6.92 Å². The van der Waals surface area contributed by atoms with Gasteiger partial charge in [-0.2, -0.15) is 10.2 Å². The van der Waals surface area contributed by atoms with Gasteiger partial charge >= 0.3 is 0 Å². The monoisotopic (exact) mass is 219 g/mol. The Morgan fingerprint density at radius 2 is 2.25 bits per heavy atom. The Hall–Kier alpha value is -2.11. The summed E-state index contributed by atoms with van der Waals surface area (Å²) < 4.78 is 1.61. The third kappa shape index (κ3) is 1.58. The molecule has 0 aromatic carbocycles. The van der Waals surface area contributed by atoms with Crippen LogP contribution in [-0.4, -0.2) is 20.0 Å². The Morgan fingerprint density at radius 3 is 2.81 bits per heavy atom. The summed E-state index contributed by atoms with van der Waals surface area (Å²) in [6, 6.07) is 3.06. The molecular formula is C10H13N5O. The van der Waals surface area contributed by atoms with Crippen LogP contribution in [0.1, 0.15) is 12.5 Å². The maximum Gasteiger partial charge on any atom is 0.264 e. The first-order chi connectivity index (χ1) is 7.63. The highest BCUT2D eigenvalue weighted by atomic mass is 16.1. The van der Waals surface area contributed by atoms with Crippen LogP contribution < -0.4 is 11.3 Å². The van der Waals surface area contributed by atoms with E-state index in [9.17, 15) is 4.79 Å². The summed E-state index contributed by atoms with van der Waals surface area (Å²) >= 11 is 0. The topological polar surface area (TPSA) is 89.6 Å². The Morgan fingerprint density at radius 1 is 1.50 bits per heavy atom. The highest BCUT2D eigenvalue weighted by Crippen LogP contribution is 2.24. The molecule has 0 aliphatic rings. The number of nitrogens with two attached hydrogens (primary N) is 1. The molecule has 2 aromatic heterocycles. The van der Waals surface area contributed by atoms with Crippen LogP contribution in [0.4, 0.5) is 5.82 Å². The lowest BCUT2D eigenvalue weighted by atomic mass is 10.1. The fourth-order valence-corrected chi connectivity index (χ4v) is 1.61. The molecule has 0 bridgehead atoms. The number of anilines is 1. The molecule has 0 atom stereocenters. The van der Waals surface area contributed by atoms with E-state index in [0.29, 0.717) is 11.5 Å². The van der Waals surface area contributed by atoms with E-state index in [2.05, 4.69) is 15.3 Å². The standard InChI is InChI=1S/C10H13N5O/c1-3-6-9(14-15(2)10(6)11)7-4-5-8(16)13-12-7/h4-5H,3,11H2,1-2H3,(H,13,16). The van der Waals surface area contributed by atoms with E-state index in [1.165, 1.54) is 6.07 Å². The zero-order chi connectivity index (χ0) is 11.7. The number of hydrogen-bond donors (Lipinski definition) is 2. The first-order valence-electron chi connectivity index (χ1n) is 5.01. The molecule has 3 N–H and O–H groups in total.